The van der Waals surface area contributed by atoms with Gasteiger partial charge in [0, 0.05) is 30.1 Å². The van der Waals surface area contributed by atoms with E-state index in [9.17, 15) is 20.1 Å². The van der Waals surface area contributed by atoms with Gasteiger partial charge in [-0.1, -0.05) is 18.2 Å². The molecule has 0 saturated carbocycles. The fourth-order valence-corrected chi connectivity index (χ4v) is 2.54. The number of aliphatic imine (C=N–C) groups is 2. The summed E-state index contributed by atoms with van der Waals surface area (Å²) in [5.74, 6) is -0.613. The summed E-state index contributed by atoms with van der Waals surface area (Å²) in [6, 6.07) is 11.0. The summed E-state index contributed by atoms with van der Waals surface area (Å²) >= 11 is 0. The Morgan fingerprint density at radius 1 is 1.07 bits per heavy atom. The number of carboxylic acids is 1. The largest absolute Gasteiger partial charge is 0.507 e. The predicted octanol–water partition coefficient (Wildman–Crippen LogP) is 3.27. The molecule has 7 heteroatoms. The van der Waals surface area contributed by atoms with Crippen LogP contribution in [0, 0.1) is 0 Å². The van der Waals surface area contributed by atoms with Gasteiger partial charge < -0.3 is 20.1 Å². The van der Waals surface area contributed by atoms with Crippen molar-refractivity contribution in [2.24, 2.45) is 9.98 Å². The standard InChI is InChI=1S/C21H24N2O5/c1-28-19-11-6-8-16(20(19)25)14-23-17(21(26)27)9-4-5-12-22-13-15-7-2-3-10-18(15)24/h2-3,6-8,10-11,13-14,17,24-25H,4-5,9,12H2,1H3,(H,26,27). The molecule has 0 bridgehead atoms. The molecular formula is C21H24N2O5. The molecule has 2 aromatic carbocycles. The monoisotopic (exact) mass is 384 g/mol. The topological polar surface area (TPSA) is 112 Å². The van der Waals surface area contributed by atoms with Crippen LogP contribution in [0.3, 0.4) is 0 Å². The third kappa shape index (κ3) is 6.12. The SMILES string of the molecule is COc1cccc(C=NC(CCCCN=Cc2ccccc2O)C(=O)O)c1O. The molecule has 0 radical (unpaired) electrons. The molecule has 0 aromatic heterocycles. The molecule has 0 fully saturated rings. The van der Waals surface area contributed by atoms with E-state index in [0.29, 0.717) is 42.7 Å². The number of benzene rings is 2. The normalized spacial score (nSPS) is 12.5. The summed E-state index contributed by atoms with van der Waals surface area (Å²) in [7, 11) is 1.44. The quantitative estimate of drug-likeness (QED) is 0.430. The number of aliphatic carboxylic acids is 1. The van der Waals surface area contributed by atoms with Crippen LogP contribution in [-0.2, 0) is 4.79 Å². The summed E-state index contributed by atoms with van der Waals surface area (Å²) in [4.78, 5) is 19.8. The fourth-order valence-electron chi connectivity index (χ4n) is 2.54. The van der Waals surface area contributed by atoms with Crippen LogP contribution < -0.4 is 4.74 Å². The zero-order valence-corrected chi connectivity index (χ0v) is 15.7. The van der Waals surface area contributed by atoms with Gasteiger partial charge in [-0.25, -0.2) is 4.79 Å². The van der Waals surface area contributed by atoms with Gasteiger partial charge >= 0.3 is 5.97 Å². The molecule has 2 rings (SSSR count). The number of rotatable bonds is 10. The van der Waals surface area contributed by atoms with Gasteiger partial charge in [0.25, 0.3) is 0 Å². The first-order valence-corrected chi connectivity index (χ1v) is 8.92. The average Bonchev–Trinajstić information content (AvgIpc) is 2.68. The maximum atomic E-state index is 11.4. The van der Waals surface area contributed by atoms with Crippen LogP contribution in [0.15, 0.2) is 52.4 Å². The first-order valence-electron chi connectivity index (χ1n) is 8.92. The molecule has 7 nitrogen and oxygen atoms in total. The Bertz CT molecular complexity index is 848. The van der Waals surface area contributed by atoms with Crippen molar-refractivity contribution in [3.63, 3.8) is 0 Å². The number of unbranched alkanes of at least 4 members (excludes halogenated alkanes) is 1. The van der Waals surface area contributed by atoms with Gasteiger partial charge in [0.05, 0.1) is 7.11 Å². The lowest BCUT2D eigenvalue weighted by Gasteiger charge is -2.08. The molecule has 148 valence electrons. The molecule has 28 heavy (non-hydrogen) atoms. The first-order chi connectivity index (χ1) is 13.5. The second kappa shape index (κ2) is 10.7. The lowest BCUT2D eigenvalue weighted by molar-refractivity contribution is -0.138. The van der Waals surface area contributed by atoms with Crippen molar-refractivity contribution in [2.45, 2.75) is 25.3 Å². The van der Waals surface area contributed by atoms with E-state index >= 15 is 0 Å². The number of para-hydroxylation sites is 2. The number of methoxy groups -OCH3 is 1. The number of ether oxygens (including phenoxy) is 1. The van der Waals surface area contributed by atoms with Crippen LogP contribution >= 0.6 is 0 Å². The minimum absolute atomic E-state index is 0.0728. The number of phenolic OH excluding ortho intramolecular Hbond substituents is 2. The van der Waals surface area contributed by atoms with Crippen molar-refractivity contribution in [3.05, 3.63) is 53.6 Å². The Balaban J connectivity index is 1.85. The maximum Gasteiger partial charge on any atom is 0.328 e. The highest BCUT2D eigenvalue weighted by Gasteiger charge is 2.15. The Morgan fingerprint density at radius 3 is 2.54 bits per heavy atom. The molecule has 0 spiro atoms. The Morgan fingerprint density at radius 2 is 1.82 bits per heavy atom. The van der Waals surface area contributed by atoms with Gasteiger partial charge in [-0.3, -0.25) is 9.98 Å². The molecule has 0 amide bonds. The molecule has 0 saturated heterocycles. The van der Waals surface area contributed by atoms with E-state index in [2.05, 4.69) is 9.98 Å². The summed E-state index contributed by atoms with van der Waals surface area (Å²) in [6.07, 6.45) is 4.66. The van der Waals surface area contributed by atoms with Gasteiger partial charge in [0.15, 0.2) is 11.5 Å². The van der Waals surface area contributed by atoms with Crippen molar-refractivity contribution >= 4 is 18.4 Å². The number of phenols is 2. The van der Waals surface area contributed by atoms with E-state index in [-0.39, 0.29) is 11.5 Å². The van der Waals surface area contributed by atoms with E-state index in [1.165, 1.54) is 13.3 Å². The van der Waals surface area contributed by atoms with E-state index in [1.54, 1.807) is 42.6 Å². The van der Waals surface area contributed by atoms with E-state index < -0.39 is 12.0 Å². The minimum Gasteiger partial charge on any atom is -0.507 e. The van der Waals surface area contributed by atoms with Gasteiger partial charge in [-0.05, 0) is 43.5 Å². The van der Waals surface area contributed by atoms with Crippen molar-refractivity contribution < 1.29 is 24.9 Å². The predicted molar refractivity (Wildman–Crippen MR) is 108 cm³/mol. The first kappa shape index (κ1) is 21.0. The highest BCUT2D eigenvalue weighted by Crippen LogP contribution is 2.28. The molecule has 1 unspecified atom stereocenters. The van der Waals surface area contributed by atoms with Crippen LogP contribution in [0.5, 0.6) is 17.2 Å². The zero-order valence-electron chi connectivity index (χ0n) is 15.7. The second-order valence-electron chi connectivity index (χ2n) is 6.12. The van der Waals surface area contributed by atoms with Gasteiger partial charge in [0.1, 0.15) is 11.8 Å². The highest BCUT2D eigenvalue weighted by atomic mass is 16.5. The number of nitrogens with zero attached hydrogens (tertiary/aromatic N) is 2. The van der Waals surface area contributed by atoms with Gasteiger partial charge in [0.2, 0.25) is 0 Å². The van der Waals surface area contributed by atoms with Crippen molar-refractivity contribution in [1.82, 2.24) is 0 Å². The van der Waals surface area contributed by atoms with Crippen LogP contribution in [0.1, 0.15) is 30.4 Å². The van der Waals surface area contributed by atoms with Crippen LogP contribution in [0.4, 0.5) is 0 Å². The molecule has 0 aliphatic rings. The number of hydrogen-bond donors (Lipinski definition) is 3. The van der Waals surface area contributed by atoms with Crippen LogP contribution in [-0.4, -0.2) is 53.4 Å². The van der Waals surface area contributed by atoms with E-state index in [4.69, 9.17) is 4.74 Å². The smallest absolute Gasteiger partial charge is 0.328 e. The molecule has 0 aliphatic carbocycles. The van der Waals surface area contributed by atoms with Crippen molar-refractivity contribution in [1.29, 1.82) is 0 Å². The molecule has 3 N–H and O–H groups in total. The average molecular weight is 384 g/mol. The van der Waals surface area contributed by atoms with Crippen molar-refractivity contribution in [3.8, 4) is 17.2 Å². The van der Waals surface area contributed by atoms with Gasteiger partial charge in [-0.2, -0.15) is 0 Å². The maximum absolute atomic E-state index is 11.4. The molecule has 1 atom stereocenters. The summed E-state index contributed by atoms with van der Waals surface area (Å²) in [5, 5.41) is 29.0. The summed E-state index contributed by atoms with van der Waals surface area (Å²) in [5.41, 5.74) is 1.05. The molecule has 0 heterocycles. The van der Waals surface area contributed by atoms with Crippen molar-refractivity contribution in [2.75, 3.05) is 13.7 Å². The Labute approximate surface area is 163 Å². The lowest BCUT2D eigenvalue weighted by Crippen LogP contribution is -2.18. The summed E-state index contributed by atoms with van der Waals surface area (Å²) < 4.78 is 5.02. The summed E-state index contributed by atoms with van der Waals surface area (Å²) in [6.45, 7) is 0.529. The number of aromatic hydroxyl groups is 2. The van der Waals surface area contributed by atoms with E-state index in [1.807, 2.05) is 6.07 Å². The third-order valence-corrected chi connectivity index (χ3v) is 4.11. The number of carboxylic acid groups (broad SMARTS) is 1. The molecule has 2 aromatic rings. The highest BCUT2D eigenvalue weighted by molar-refractivity contribution is 5.87. The second-order valence-corrected chi connectivity index (χ2v) is 6.12. The minimum atomic E-state index is -1.02. The fraction of sp³-hybridized carbons (Fsp3) is 0.286. The van der Waals surface area contributed by atoms with E-state index in [0.717, 1.165) is 0 Å². The Kier molecular flexibility index (Phi) is 8.02. The van der Waals surface area contributed by atoms with Crippen LogP contribution in [0.25, 0.3) is 0 Å². The zero-order chi connectivity index (χ0) is 20.4. The Hall–Kier alpha value is -3.35. The molecule has 0 aliphatic heterocycles. The third-order valence-electron chi connectivity index (χ3n) is 4.11. The number of hydrogen-bond acceptors (Lipinski definition) is 6. The molecular weight excluding hydrogens is 360 g/mol. The number of carbonyl (C=O) groups is 1. The lowest BCUT2D eigenvalue weighted by atomic mass is 10.1. The van der Waals surface area contributed by atoms with Crippen LogP contribution in [0.2, 0.25) is 0 Å². The van der Waals surface area contributed by atoms with Gasteiger partial charge in [-0.15, -0.1) is 0 Å².